The van der Waals surface area contributed by atoms with Crippen molar-refractivity contribution in [3.8, 4) is 10.6 Å². The highest BCUT2D eigenvalue weighted by Crippen LogP contribution is 2.29. The summed E-state index contributed by atoms with van der Waals surface area (Å²) in [5, 5.41) is 9.67. The molecule has 0 atom stereocenters. The van der Waals surface area contributed by atoms with Crippen molar-refractivity contribution in [1.29, 1.82) is 0 Å². The minimum atomic E-state index is -0.197. The average Bonchev–Trinajstić information content (AvgIpc) is 3.28. The molecule has 0 saturated carbocycles. The Morgan fingerprint density at radius 1 is 1.30 bits per heavy atom. The monoisotopic (exact) mass is 328 g/mol. The number of carbonyl (C=O) groups is 1. The van der Waals surface area contributed by atoms with Crippen LogP contribution in [0.4, 0.5) is 5.13 Å². The Kier molecular flexibility index (Phi) is 4.77. The Labute approximate surface area is 137 Å². The van der Waals surface area contributed by atoms with E-state index in [1.807, 2.05) is 12.1 Å². The molecule has 0 fully saturated rings. The van der Waals surface area contributed by atoms with Crippen LogP contribution in [-0.4, -0.2) is 27.6 Å². The predicted molar refractivity (Wildman–Crippen MR) is 88.4 cm³/mol. The molecule has 0 spiro atoms. The number of pyridine rings is 1. The van der Waals surface area contributed by atoms with Gasteiger partial charge < -0.3 is 4.42 Å². The number of hydrogen-bond donors (Lipinski definition) is 0. The summed E-state index contributed by atoms with van der Waals surface area (Å²) in [5.74, 6) is 0.108. The molecule has 3 heterocycles. The molecule has 0 bridgehead atoms. The summed E-state index contributed by atoms with van der Waals surface area (Å²) in [6.07, 6.45) is 6.80. The molecule has 7 heteroatoms. The van der Waals surface area contributed by atoms with Crippen LogP contribution >= 0.6 is 11.3 Å². The molecule has 0 aromatic carbocycles. The van der Waals surface area contributed by atoms with E-state index in [4.69, 9.17) is 4.42 Å². The van der Waals surface area contributed by atoms with Crippen molar-refractivity contribution in [3.05, 3.63) is 48.7 Å². The molecule has 3 aromatic heterocycles. The van der Waals surface area contributed by atoms with Crippen LogP contribution in [0.2, 0.25) is 0 Å². The minimum Gasteiger partial charge on any atom is -0.459 e. The highest BCUT2D eigenvalue weighted by molar-refractivity contribution is 7.18. The number of carbonyl (C=O) groups excluding carboxylic acids is 1. The quantitative estimate of drug-likeness (QED) is 0.691. The van der Waals surface area contributed by atoms with E-state index in [-0.39, 0.29) is 5.91 Å². The van der Waals surface area contributed by atoms with Gasteiger partial charge in [0.25, 0.3) is 5.91 Å². The average molecular weight is 328 g/mol. The molecule has 3 aromatic rings. The van der Waals surface area contributed by atoms with E-state index in [1.165, 1.54) is 17.6 Å². The van der Waals surface area contributed by atoms with Gasteiger partial charge in [-0.1, -0.05) is 24.7 Å². The third kappa shape index (κ3) is 3.45. The summed E-state index contributed by atoms with van der Waals surface area (Å²) in [7, 11) is 0. The second-order valence-electron chi connectivity index (χ2n) is 4.92. The lowest BCUT2D eigenvalue weighted by Crippen LogP contribution is -2.31. The zero-order chi connectivity index (χ0) is 16.1. The molecule has 0 saturated heterocycles. The van der Waals surface area contributed by atoms with E-state index in [1.54, 1.807) is 29.4 Å². The van der Waals surface area contributed by atoms with Gasteiger partial charge in [0.15, 0.2) is 10.8 Å². The molecule has 23 heavy (non-hydrogen) atoms. The fourth-order valence-electron chi connectivity index (χ4n) is 2.06. The predicted octanol–water partition coefficient (Wildman–Crippen LogP) is 3.64. The first-order chi connectivity index (χ1) is 11.3. The van der Waals surface area contributed by atoms with Gasteiger partial charge in [0, 0.05) is 24.5 Å². The van der Waals surface area contributed by atoms with E-state index in [0.717, 1.165) is 23.4 Å². The first-order valence-electron chi connectivity index (χ1n) is 7.39. The van der Waals surface area contributed by atoms with Crippen LogP contribution in [0, 0.1) is 0 Å². The number of aromatic nitrogens is 3. The fourth-order valence-corrected chi connectivity index (χ4v) is 2.92. The van der Waals surface area contributed by atoms with Crippen LogP contribution < -0.4 is 4.90 Å². The number of rotatable bonds is 6. The highest BCUT2D eigenvalue weighted by Gasteiger charge is 2.23. The van der Waals surface area contributed by atoms with Crippen LogP contribution in [0.15, 0.2) is 47.3 Å². The highest BCUT2D eigenvalue weighted by atomic mass is 32.1. The van der Waals surface area contributed by atoms with Gasteiger partial charge in [-0.2, -0.15) is 0 Å². The summed E-state index contributed by atoms with van der Waals surface area (Å²) in [5.41, 5.74) is 0.886. The zero-order valence-corrected chi connectivity index (χ0v) is 13.5. The summed E-state index contributed by atoms with van der Waals surface area (Å²) >= 11 is 1.37. The maximum atomic E-state index is 12.6. The van der Waals surface area contributed by atoms with E-state index in [9.17, 15) is 4.79 Å². The third-order valence-corrected chi connectivity index (χ3v) is 4.26. The van der Waals surface area contributed by atoms with Gasteiger partial charge >= 0.3 is 0 Å². The fraction of sp³-hybridized carbons (Fsp3) is 0.250. The maximum absolute atomic E-state index is 12.6. The molecule has 3 rings (SSSR count). The first-order valence-corrected chi connectivity index (χ1v) is 8.20. The van der Waals surface area contributed by atoms with Gasteiger partial charge in [-0.15, -0.1) is 10.2 Å². The van der Waals surface area contributed by atoms with E-state index < -0.39 is 0 Å². The number of anilines is 1. The van der Waals surface area contributed by atoms with Crippen molar-refractivity contribution in [2.75, 3.05) is 11.4 Å². The molecular weight excluding hydrogens is 312 g/mol. The van der Waals surface area contributed by atoms with Crippen molar-refractivity contribution in [2.24, 2.45) is 0 Å². The van der Waals surface area contributed by atoms with E-state index >= 15 is 0 Å². The topological polar surface area (TPSA) is 72.1 Å². The molecule has 6 nitrogen and oxygen atoms in total. The van der Waals surface area contributed by atoms with Crippen LogP contribution in [-0.2, 0) is 0 Å². The van der Waals surface area contributed by atoms with Crippen molar-refractivity contribution in [3.63, 3.8) is 0 Å². The molecule has 0 N–H and O–H groups in total. The Morgan fingerprint density at radius 2 is 2.22 bits per heavy atom. The van der Waals surface area contributed by atoms with Crippen LogP contribution in [0.5, 0.6) is 0 Å². The van der Waals surface area contributed by atoms with E-state index in [2.05, 4.69) is 22.1 Å². The van der Waals surface area contributed by atoms with Gasteiger partial charge in [-0.3, -0.25) is 14.7 Å². The van der Waals surface area contributed by atoms with Crippen molar-refractivity contribution in [2.45, 2.75) is 19.8 Å². The smallest absolute Gasteiger partial charge is 0.295 e. The molecule has 0 radical (unpaired) electrons. The minimum absolute atomic E-state index is 0.197. The largest absolute Gasteiger partial charge is 0.459 e. The second-order valence-corrected chi connectivity index (χ2v) is 5.88. The normalized spacial score (nSPS) is 10.7. The van der Waals surface area contributed by atoms with Crippen molar-refractivity contribution >= 4 is 22.4 Å². The molecule has 0 aliphatic carbocycles. The van der Waals surface area contributed by atoms with Gasteiger partial charge in [-0.25, -0.2) is 0 Å². The second kappa shape index (κ2) is 7.15. The lowest BCUT2D eigenvalue weighted by molar-refractivity contribution is 0.0959. The molecule has 0 aliphatic heterocycles. The number of nitrogens with zero attached hydrogens (tertiary/aromatic N) is 4. The van der Waals surface area contributed by atoms with Gasteiger partial charge in [0.1, 0.15) is 0 Å². The Balaban J connectivity index is 1.88. The number of unbranched alkanes of at least 4 members (excludes halogenated alkanes) is 1. The van der Waals surface area contributed by atoms with Crippen LogP contribution in [0.25, 0.3) is 10.6 Å². The lowest BCUT2D eigenvalue weighted by Gasteiger charge is -2.17. The molecule has 118 valence electrons. The molecular formula is C16H16N4O2S. The summed E-state index contributed by atoms with van der Waals surface area (Å²) in [6, 6.07) is 7.12. The van der Waals surface area contributed by atoms with Crippen LogP contribution in [0.3, 0.4) is 0 Å². The number of hydrogen-bond acceptors (Lipinski definition) is 6. The lowest BCUT2D eigenvalue weighted by atomic mass is 10.3. The van der Waals surface area contributed by atoms with Crippen molar-refractivity contribution < 1.29 is 9.21 Å². The Morgan fingerprint density at radius 3 is 2.91 bits per heavy atom. The molecule has 1 amide bonds. The molecule has 0 unspecified atom stereocenters. The Bertz CT molecular complexity index is 756. The third-order valence-electron chi connectivity index (χ3n) is 3.27. The van der Waals surface area contributed by atoms with E-state index in [0.29, 0.717) is 17.4 Å². The van der Waals surface area contributed by atoms with Gasteiger partial charge in [-0.05, 0) is 30.7 Å². The summed E-state index contributed by atoms with van der Waals surface area (Å²) in [6.45, 7) is 2.66. The SMILES string of the molecule is CCCCN(C(=O)c1ccco1)c1nnc(-c2cccnc2)s1. The summed E-state index contributed by atoms with van der Waals surface area (Å²) in [4.78, 5) is 18.3. The number of amides is 1. The van der Waals surface area contributed by atoms with Gasteiger partial charge in [0.05, 0.1) is 6.26 Å². The zero-order valence-electron chi connectivity index (χ0n) is 12.7. The standard InChI is InChI=1S/C16H16N4O2S/c1-2-3-9-20(15(21)13-7-5-10-22-13)16-19-18-14(23-16)12-6-4-8-17-11-12/h4-8,10-11H,2-3,9H2,1H3. The van der Waals surface area contributed by atoms with Crippen molar-refractivity contribution in [1.82, 2.24) is 15.2 Å². The molecule has 0 aliphatic rings. The first kappa shape index (κ1) is 15.4. The maximum Gasteiger partial charge on any atom is 0.295 e. The number of furan rings is 1. The van der Waals surface area contributed by atoms with Crippen LogP contribution in [0.1, 0.15) is 30.3 Å². The summed E-state index contributed by atoms with van der Waals surface area (Å²) < 4.78 is 5.22. The van der Waals surface area contributed by atoms with Gasteiger partial charge in [0.2, 0.25) is 5.13 Å². The Hall–Kier alpha value is -2.54.